The molecule has 0 saturated heterocycles. The molecule has 0 spiro atoms. The number of rotatable bonds is 2. The van der Waals surface area contributed by atoms with Gasteiger partial charge in [-0.15, -0.1) is 11.3 Å². The van der Waals surface area contributed by atoms with E-state index in [0.717, 1.165) is 6.42 Å². The molecule has 68 valence electrons. The van der Waals surface area contributed by atoms with Crippen molar-refractivity contribution in [2.75, 3.05) is 0 Å². The molecule has 0 bridgehead atoms. The van der Waals surface area contributed by atoms with Gasteiger partial charge >= 0.3 is 0 Å². The van der Waals surface area contributed by atoms with Crippen LogP contribution in [0.5, 0.6) is 0 Å². The Kier molecular flexibility index (Phi) is 3.68. The molecule has 2 heteroatoms. The van der Waals surface area contributed by atoms with E-state index in [4.69, 9.17) is 0 Å². The van der Waals surface area contributed by atoms with Crippen LogP contribution in [-0.2, 0) is 6.42 Å². The minimum Gasteiger partial charge on any atom is -0.344 e. The van der Waals surface area contributed by atoms with Gasteiger partial charge in [-0.3, -0.25) is 0 Å². The molecule has 0 atom stereocenters. The van der Waals surface area contributed by atoms with Gasteiger partial charge in [-0.1, -0.05) is 36.4 Å². The third kappa shape index (κ3) is 2.68. The van der Waals surface area contributed by atoms with Crippen LogP contribution in [0.2, 0.25) is 0 Å². The van der Waals surface area contributed by atoms with Crippen LogP contribution in [0, 0.1) is 0 Å². The Morgan fingerprint density at radius 3 is 2.31 bits per heavy atom. The molecule has 0 amide bonds. The fourth-order valence-corrected chi connectivity index (χ4v) is 1.95. The normalized spacial score (nSPS) is 9.23. The Bertz CT molecular complexity index is 326. The second-order valence-electron chi connectivity index (χ2n) is 2.74. The Balaban J connectivity index is 0.000000845. The first kappa shape index (κ1) is 9.96. The minimum atomic E-state index is 0. The van der Waals surface area contributed by atoms with Crippen molar-refractivity contribution in [2.24, 2.45) is 0 Å². The van der Waals surface area contributed by atoms with E-state index >= 15 is 0 Å². The zero-order chi connectivity index (χ0) is 8.23. The molecule has 1 heterocycles. The predicted molar refractivity (Wildman–Crippen MR) is 58.6 cm³/mol. The molecule has 0 unspecified atom stereocenters. The summed E-state index contributed by atoms with van der Waals surface area (Å²) in [5.74, 6) is 0. The summed E-state index contributed by atoms with van der Waals surface area (Å²) in [7, 11) is 0. The summed E-state index contributed by atoms with van der Waals surface area (Å²) in [4.78, 5) is 1.43. The molecule has 0 aliphatic carbocycles. The van der Waals surface area contributed by atoms with Crippen LogP contribution < -0.4 is 6.15 Å². The average molecular weight is 191 g/mol. The molecule has 0 aliphatic rings. The zero-order valence-corrected chi connectivity index (χ0v) is 8.26. The van der Waals surface area contributed by atoms with Crippen molar-refractivity contribution in [3.63, 3.8) is 0 Å². The lowest BCUT2D eigenvalue weighted by Crippen LogP contribution is -1.81. The molecule has 0 fully saturated rings. The van der Waals surface area contributed by atoms with Gasteiger partial charge in [0.15, 0.2) is 0 Å². The van der Waals surface area contributed by atoms with Crippen LogP contribution in [0.1, 0.15) is 10.4 Å². The lowest BCUT2D eigenvalue weighted by Gasteiger charge is -1.96. The van der Waals surface area contributed by atoms with Crippen molar-refractivity contribution in [2.45, 2.75) is 6.42 Å². The summed E-state index contributed by atoms with van der Waals surface area (Å²) in [6.45, 7) is 0. The van der Waals surface area contributed by atoms with Crippen molar-refractivity contribution in [3.8, 4) is 0 Å². The highest BCUT2D eigenvalue weighted by molar-refractivity contribution is 7.09. The molecule has 0 saturated carbocycles. The van der Waals surface area contributed by atoms with E-state index in [0.29, 0.717) is 0 Å². The SMILES string of the molecule is N.c1ccc(Cc2cccs2)cc1. The third-order valence-corrected chi connectivity index (χ3v) is 2.68. The van der Waals surface area contributed by atoms with E-state index in [9.17, 15) is 0 Å². The van der Waals surface area contributed by atoms with Crippen LogP contribution >= 0.6 is 11.3 Å². The van der Waals surface area contributed by atoms with Gasteiger partial charge in [-0.05, 0) is 17.0 Å². The first-order valence-corrected chi connectivity index (χ1v) is 4.89. The van der Waals surface area contributed by atoms with Gasteiger partial charge in [0.1, 0.15) is 0 Å². The molecule has 13 heavy (non-hydrogen) atoms. The van der Waals surface area contributed by atoms with Crippen molar-refractivity contribution in [1.82, 2.24) is 6.15 Å². The largest absolute Gasteiger partial charge is 0.344 e. The van der Waals surface area contributed by atoms with Crippen molar-refractivity contribution < 1.29 is 0 Å². The third-order valence-electron chi connectivity index (χ3n) is 1.80. The molecule has 1 aromatic carbocycles. The van der Waals surface area contributed by atoms with Crippen LogP contribution in [-0.4, -0.2) is 0 Å². The van der Waals surface area contributed by atoms with Gasteiger partial charge in [-0.25, -0.2) is 0 Å². The molecule has 2 rings (SSSR count). The van der Waals surface area contributed by atoms with Crippen LogP contribution in [0.25, 0.3) is 0 Å². The maximum absolute atomic E-state index is 2.18. The van der Waals surface area contributed by atoms with Gasteiger partial charge in [-0.2, -0.15) is 0 Å². The zero-order valence-electron chi connectivity index (χ0n) is 7.44. The molecule has 0 radical (unpaired) electrons. The van der Waals surface area contributed by atoms with Crippen molar-refractivity contribution in [3.05, 3.63) is 58.3 Å². The second-order valence-corrected chi connectivity index (χ2v) is 3.77. The minimum absolute atomic E-state index is 0. The van der Waals surface area contributed by atoms with Crippen molar-refractivity contribution in [1.29, 1.82) is 0 Å². The number of benzene rings is 1. The van der Waals surface area contributed by atoms with Crippen LogP contribution in [0.15, 0.2) is 47.8 Å². The summed E-state index contributed by atoms with van der Waals surface area (Å²) in [5, 5.41) is 2.12. The molecular weight excluding hydrogens is 178 g/mol. The smallest absolute Gasteiger partial charge is 0.00890 e. The Labute approximate surface area is 82.6 Å². The van der Waals surface area contributed by atoms with E-state index in [1.807, 2.05) is 11.3 Å². The van der Waals surface area contributed by atoms with E-state index < -0.39 is 0 Å². The number of hydrogen-bond donors (Lipinski definition) is 1. The first-order chi connectivity index (χ1) is 5.95. The molecule has 1 nitrogen and oxygen atoms in total. The van der Waals surface area contributed by atoms with Gasteiger partial charge in [0.2, 0.25) is 0 Å². The first-order valence-electron chi connectivity index (χ1n) is 4.01. The van der Waals surface area contributed by atoms with Gasteiger partial charge in [0.25, 0.3) is 0 Å². The summed E-state index contributed by atoms with van der Waals surface area (Å²) in [6, 6.07) is 14.8. The van der Waals surface area contributed by atoms with E-state index in [1.165, 1.54) is 10.4 Å². The second kappa shape index (κ2) is 4.80. The molecule has 2 aromatic rings. The molecule has 1 aromatic heterocycles. The molecule has 0 aliphatic heterocycles. The monoisotopic (exact) mass is 191 g/mol. The Hall–Kier alpha value is -1.12. The number of hydrogen-bond acceptors (Lipinski definition) is 2. The summed E-state index contributed by atoms with van der Waals surface area (Å²) in [6.07, 6.45) is 1.07. The fraction of sp³-hybridized carbons (Fsp3) is 0.0909. The fourth-order valence-electron chi connectivity index (χ4n) is 1.21. The quantitative estimate of drug-likeness (QED) is 0.774. The summed E-state index contributed by atoms with van der Waals surface area (Å²) >= 11 is 1.82. The highest BCUT2D eigenvalue weighted by atomic mass is 32.1. The molecule has 3 N–H and O–H groups in total. The lowest BCUT2D eigenvalue weighted by atomic mass is 10.1. The Morgan fingerprint density at radius 2 is 1.69 bits per heavy atom. The maximum Gasteiger partial charge on any atom is 0.00890 e. The number of thiophene rings is 1. The van der Waals surface area contributed by atoms with E-state index in [1.54, 1.807) is 0 Å². The summed E-state index contributed by atoms with van der Waals surface area (Å²) < 4.78 is 0. The van der Waals surface area contributed by atoms with E-state index in [-0.39, 0.29) is 6.15 Å². The topological polar surface area (TPSA) is 35.0 Å². The van der Waals surface area contributed by atoms with Crippen LogP contribution in [0.3, 0.4) is 0 Å². The lowest BCUT2D eigenvalue weighted by molar-refractivity contribution is 1.24. The molecular formula is C11H13NS. The predicted octanol–water partition coefficient (Wildman–Crippen LogP) is 3.50. The van der Waals surface area contributed by atoms with Gasteiger partial charge < -0.3 is 6.15 Å². The van der Waals surface area contributed by atoms with E-state index in [2.05, 4.69) is 47.8 Å². The van der Waals surface area contributed by atoms with Gasteiger partial charge in [0.05, 0.1) is 0 Å². The highest BCUT2D eigenvalue weighted by Crippen LogP contribution is 2.13. The van der Waals surface area contributed by atoms with Crippen LogP contribution in [0.4, 0.5) is 0 Å². The maximum atomic E-state index is 2.18. The Morgan fingerprint density at radius 1 is 0.923 bits per heavy atom. The average Bonchev–Trinajstić information content (AvgIpc) is 2.59. The van der Waals surface area contributed by atoms with Gasteiger partial charge in [0, 0.05) is 11.3 Å². The standard InChI is InChI=1S/C11H10S.H3N/c1-2-5-10(6-3-1)9-11-7-4-8-12-11;/h1-8H,9H2;1H3. The summed E-state index contributed by atoms with van der Waals surface area (Å²) in [5.41, 5.74) is 1.39. The highest BCUT2D eigenvalue weighted by Gasteiger charge is 1.94. The van der Waals surface area contributed by atoms with Crippen molar-refractivity contribution >= 4 is 11.3 Å².